The number of aromatic nitrogens is 3. The average molecular weight is 336 g/mol. The maximum atomic E-state index is 12.2. The fraction of sp³-hybridized carbons (Fsp3) is 0.211. The van der Waals surface area contributed by atoms with E-state index >= 15 is 0 Å². The van der Waals surface area contributed by atoms with E-state index in [1.54, 1.807) is 10.9 Å². The fourth-order valence-electron chi connectivity index (χ4n) is 2.62. The van der Waals surface area contributed by atoms with Crippen LogP contribution in [0.25, 0.3) is 5.69 Å². The van der Waals surface area contributed by atoms with Crippen LogP contribution >= 0.6 is 0 Å². The van der Waals surface area contributed by atoms with Crippen LogP contribution in [-0.2, 0) is 0 Å². The van der Waals surface area contributed by atoms with Crippen molar-refractivity contribution in [2.24, 2.45) is 0 Å². The molecule has 1 amide bonds. The lowest BCUT2D eigenvalue weighted by Crippen LogP contribution is -2.28. The molecule has 1 unspecified atom stereocenters. The van der Waals surface area contributed by atoms with Crippen molar-refractivity contribution in [3.05, 3.63) is 77.1 Å². The first-order valence-electron chi connectivity index (χ1n) is 8.06. The van der Waals surface area contributed by atoms with Gasteiger partial charge in [-0.15, -0.1) is 5.10 Å². The Morgan fingerprint density at radius 1 is 1.20 bits per heavy atom. The second-order valence-electron chi connectivity index (χ2n) is 5.97. The first-order valence-corrected chi connectivity index (χ1v) is 8.06. The van der Waals surface area contributed by atoms with Crippen LogP contribution in [0.2, 0.25) is 0 Å². The summed E-state index contributed by atoms with van der Waals surface area (Å²) in [6.45, 7) is 4.02. The zero-order chi connectivity index (χ0) is 17.8. The van der Waals surface area contributed by atoms with E-state index in [9.17, 15) is 9.90 Å². The molecule has 6 nitrogen and oxygen atoms in total. The molecule has 0 fully saturated rings. The zero-order valence-electron chi connectivity index (χ0n) is 14.2. The minimum Gasteiger partial charge on any atom is -0.387 e. The van der Waals surface area contributed by atoms with Crippen LogP contribution in [0.3, 0.4) is 0 Å². The molecular formula is C19H20N4O2. The van der Waals surface area contributed by atoms with Crippen molar-refractivity contribution >= 4 is 5.91 Å². The molecule has 3 rings (SSSR count). The molecule has 25 heavy (non-hydrogen) atoms. The molecule has 2 N–H and O–H groups in total. The van der Waals surface area contributed by atoms with Gasteiger partial charge >= 0.3 is 0 Å². The fourth-order valence-corrected chi connectivity index (χ4v) is 2.62. The van der Waals surface area contributed by atoms with Crippen molar-refractivity contribution < 1.29 is 9.90 Å². The normalized spacial score (nSPS) is 12.0. The van der Waals surface area contributed by atoms with E-state index in [4.69, 9.17) is 0 Å². The Bertz CT molecular complexity index is 888. The van der Waals surface area contributed by atoms with Gasteiger partial charge in [0.25, 0.3) is 5.91 Å². The summed E-state index contributed by atoms with van der Waals surface area (Å²) in [7, 11) is 0. The van der Waals surface area contributed by atoms with Gasteiger partial charge in [0, 0.05) is 6.54 Å². The number of nitrogens with one attached hydrogen (secondary N) is 1. The molecule has 128 valence electrons. The van der Waals surface area contributed by atoms with Crippen LogP contribution < -0.4 is 5.32 Å². The van der Waals surface area contributed by atoms with Gasteiger partial charge in [0.15, 0.2) is 5.69 Å². The summed E-state index contributed by atoms with van der Waals surface area (Å²) in [5.41, 5.74) is 3.92. The Hall–Kier alpha value is -2.99. The number of aliphatic hydroxyl groups excluding tert-OH is 1. The number of hydrogen-bond donors (Lipinski definition) is 2. The number of carbonyl (C=O) groups excluding carboxylic acids is 1. The largest absolute Gasteiger partial charge is 0.387 e. The molecule has 0 saturated heterocycles. The van der Waals surface area contributed by atoms with Crippen molar-refractivity contribution in [1.29, 1.82) is 0 Å². The van der Waals surface area contributed by atoms with Crippen LogP contribution in [0.1, 0.15) is 33.3 Å². The highest BCUT2D eigenvalue weighted by Gasteiger charge is 2.15. The smallest absolute Gasteiger partial charge is 0.273 e. The molecule has 1 aromatic heterocycles. The van der Waals surface area contributed by atoms with Crippen molar-refractivity contribution in [2.45, 2.75) is 20.0 Å². The SMILES string of the molecule is Cc1cccc(-n2cc(C(=O)NCC(O)c3ccccc3C)nn2)c1. The number of hydrogen-bond acceptors (Lipinski definition) is 4. The molecular weight excluding hydrogens is 316 g/mol. The number of benzene rings is 2. The standard InChI is InChI=1S/C19H20N4O2/c1-13-6-5-8-15(10-13)23-12-17(21-22-23)19(25)20-11-18(24)16-9-4-3-7-14(16)2/h3-10,12,18,24H,11H2,1-2H3,(H,20,25). The molecule has 6 heteroatoms. The first-order chi connectivity index (χ1) is 12.0. The number of aliphatic hydroxyl groups is 1. The monoisotopic (exact) mass is 336 g/mol. The lowest BCUT2D eigenvalue weighted by atomic mass is 10.0. The van der Waals surface area contributed by atoms with Gasteiger partial charge in [0.1, 0.15) is 0 Å². The third-order valence-electron chi connectivity index (χ3n) is 4.00. The van der Waals surface area contributed by atoms with E-state index in [0.717, 1.165) is 22.4 Å². The van der Waals surface area contributed by atoms with Crippen LogP contribution in [0, 0.1) is 13.8 Å². The summed E-state index contributed by atoms with van der Waals surface area (Å²) in [4.78, 5) is 12.2. The zero-order valence-corrected chi connectivity index (χ0v) is 14.2. The molecule has 2 aromatic carbocycles. The summed E-state index contributed by atoms with van der Waals surface area (Å²) >= 11 is 0. The number of nitrogens with zero attached hydrogens (tertiary/aromatic N) is 3. The van der Waals surface area contributed by atoms with Crippen molar-refractivity contribution in [3.8, 4) is 5.69 Å². The topological polar surface area (TPSA) is 80.0 Å². The average Bonchev–Trinajstić information content (AvgIpc) is 3.10. The Balaban J connectivity index is 1.65. The minimum atomic E-state index is -0.767. The van der Waals surface area contributed by atoms with E-state index < -0.39 is 6.10 Å². The van der Waals surface area contributed by atoms with Crippen LogP contribution in [-0.4, -0.2) is 32.6 Å². The van der Waals surface area contributed by atoms with Gasteiger partial charge in [0.2, 0.25) is 0 Å². The molecule has 0 aliphatic rings. The number of amides is 1. The minimum absolute atomic E-state index is 0.112. The Morgan fingerprint density at radius 2 is 2.00 bits per heavy atom. The van der Waals surface area contributed by atoms with Crippen LogP contribution in [0.5, 0.6) is 0 Å². The third-order valence-corrected chi connectivity index (χ3v) is 4.00. The molecule has 0 saturated carbocycles. The molecule has 3 aromatic rings. The second kappa shape index (κ2) is 7.27. The van der Waals surface area contributed by atoms with E-state index in [1.807, 2.05) is 62.4 Å². The molecule has 0 aliphatic carbocycles. The van der Waals surface area contributed by atoms with Gasteiger partial charge < -0.3 is 10.4 Å². The van der Waals surface area contributed by atoms with Gasteiger partial charge in [-0.3, -0.25) is 4.79 Å². The maximum absolute atomic E-state index is 12.2. The molecule has 0 spiro atoms. The van der Waals surface area contributed by atoms with Gasteiger partial charge in [-0.1, -0.05) is 41.6 Å². The summed E-state index contributed by atoms with van der Waals surface area (Å²) in [5, 5.41) is 20.9. The Morgan fingerprint density at radius 3 is 2.76 bits per heavy atom. The van der Waals surface area contributed by atoms with Crippen molar-refractivity contribution in [1.82, 2.24) is 20.3 Å². The molecule has 0 bridgehead atoms. The highest BCUT2D eigenvalue weighted by atomic mass is 16.3. The molecule has 1 heterocycles. The lowest BCUT2D eigenvalue weighted by molar-refractivity contribution is 0.0911. The quantitative estimate of drug-likeness (QED) is 0.749. The van der Waals surface area contributed by atoms with Gasteiger partial charge in [-0.25, -0.2) is 4.68 Å². The first kappa shape index (κ1) is 16.9. The Labute approximate surface area is 146 Å². The summed E-state index contributed by atoms with van der Waals surface area (Å²) in [5.74, 6) is -0.369. The summed E-state index contributed by atoms with van der Waals surface area (Å²) in [6, 6.07) is 15.3. The van der Waals surface area contributed by atoms with E-state index in [2.05, 4.69) is 15.6 Å². The van der Waals surface area contributed by atoms with E-state index in [0.29, 0.717) is 0 Å². The summed E-state index contributed by atoms with van der Waals surface area (Å²) < 4.78 is 1.56. The maximum Gasteiger partial charge on any atom is 0.273 e. The second-order valence-corrected chi connectivity index (χ2v) is 5.97. The van der Waals surface area contributed by atoms with Gasteiger partial charge in [-0.05, 0) is 42.7 Å². The number of carbonyl (C=O) groups is 1. The predicted octanol–water partition coefficient (Wildman–Crippen LogP) is 2.35. The third kappa shape index (κ3) is 3.92. The van der Waals surface area contributed by atoms with Crippen molar-refractivity contribution in [3.63, 3.8) is 0 Å². The van der Waals surface area contributed by atoms with E-state index in [-0.39, 0.29) is 18.1 Å². The highest BCUT2D eigenvalue weighted by Crippen LogP contribution is 2.16. The summed E-state index contributed by atoms with van der Waals surface area (Å²) in [6.07, 6.45) is 0.807. The predicted molar refractivity (Wildman–Crippen MR) is 94.6 cm³/mol. The molecule has 1 atom stereocenters. The van der Waals surface area contributed by atoms with Gasteiger partial charge in [0.05, 0.1) is 18.0 Å². The number of rotatable bonds is 5. The molecule has 0 aliphatic heterocycles. The van der Waals surface area contributed by atoms with Gasteiger partial charge in [-0.2, -0.15) is 0 Å². The number of aryl methyl sites for hydroxylation is 2. The Kier molecular flexibility index (Phi) is 4.90. The van der Waals surface area contributed by atoms with Crippen molar-refractivity contribution in [2.75, 3.05) is 6.54 Å². The van der Waals surface area contributed by atoms with Crippen LogP contribution in [0.15, 0.2) is 54.7 Å². The van der Waals surface area contributed by atoms with Crippen LogP contribution in [0.4, 0.5) is 0 Å². The highest BCUT2D eigenvalue weighted by molar-refractivity contribution is 5.91. The lowest BCUT2D eigenvalue weighted by Gasteiger charge is -2.13. The molecule has 0 radical (unpaired) electrons. The van der Waals surface area contributed by atoms with E-state index in [1.165, 1.54) is 0 Å².